The summed E-state index contributed by atoms with van der Waals surface area (Å²) in [7, 11) is -3.42. The van der Waals surface area contributed by atoms with Crippen LogP contribution in [0.4, 0.5) is 0 Å². The Morgan fingerprint density at radius 3 is 2.57 bits per heavy atom. The van der Waals surface area contributed by atoms with Crippen molar-refractivity contribution < 1.29 is 17.9 Å². The number of amides is 1. The molecule has 1 aliphatic rings. The average molecular weight is 423 g/mol. The van der Waals surface area contributed by atoms with Gasteiger partial charge in [-0.05, 0) is 43.0 Å². The van der Waals surface area contributed by atoms with Gasteiger partial charge in [0.05, 0.1) is 13.0 Å². The minimum absolute atomic E-state index is 0.127. The number of nitrogens with one attached hydrogen (secondary N) is 1. The van der Waals surface area contributed by atoms with Crippen molar-refractivity contribution in [2.75, 3.05) is 19.7 Å². The first-order valence-electron chi connectivity index (χ1n) is 9.51. The molecule has 0 radical (unpaired) electrons. The van der Waals surface area contributed by atoms with E-state index in [9.17, 15) is 13.2 Å². The SMILES string of the molecule is CCOCc1ccccc1CNC(=O)Cc1ccc(S(=O)(=O)N2CCCC2)s1. The lowest BCUT2D eigenvalue weighted by atomic mass is 10.1. The van der Waals surface area contributed by atoms with Gasteiger partial charge in [0.1, 0.15) is 4.21 Å². The molecule has 1 aromatic heterocycles. The van der Waals surface area contributed by atoms with Crippen molar-refractivity contribution in [3.05, 3.63) is 52.4 Å². The van der Waals surface area contributed by atoms with E-state index in [0.29, 0.717) is 37.1 Å². The van der Waals surface area contributed by atoms with Crippen molar-refractivity contribution in [1.82, 2.24) is 9.62 Å². The molecule has 6 nitrogen and oxygen atoms in total. The van der Waals surface area contributed by atoms with E-state index in [4.69, 9.17) is 4.74 Å². The van der Waals surface area contributed by atoms with Gasteiger partial charge in [-0.1, -0.05) is 24.3 Å². The second-order valence-electron chi connectivity index (χ2n) is 6.69. The molecule has 152 valence electrons. The Kier molecular flexibility index (Phi) is 7.23. The van der Waals surface area contributed by atoms with Crippen LogP contribution in [0.2, 0.25) is 0 Å². The van der Waals surface area contributed by atoms with Gasteiger partial charge in [-0.3, -0.25) is 4.79 Å². The van der Waals surface area contributed by atoms with Crippen molar-refractivity contribution in [3.8, 4) is 0 Å². The number of nitrogens with zero attached hydrogens (tertiary/aromatic N) is 1. The molecule has 8 heteroatoms. The number of sulfonamides is 1. The second-order valence-corrected chi connectivity index (χ2v) is 10.0. The predicted molar refractivity (Wildman–Crippen MR) is 110 cm³/mol. The maximum atomic E-state index is 12.6. The van der Waals surface area contributed by atoms with Gasteiger partial charge in [0, 0.05) is 31.1 Å². The standard InChI is InChI=1S/C20H26N2O4S2/c1-2-26-15-17-8-4-3-7-16(17)14-21-19(23)13-18-9-10-20(27-18)28(24,25)22-11-5-6-12-22/h3-4,7-10H,2,5-6,11-15H2,1H3,(H,21,23). The van der Waals surface area contributed by atoms with Crippen LogP contribution >= 0.6 is 11.3 Å². The zero-order valence-corrected chi connectivity index (χ0v) is 17.7. The number of hydrogen-bond donors (Lipinski definition) is 1. The quantitative estimate of drug-likeness (QED) is 0.674. The molecular weight excluding hydrogens is 396 g/mol. The number of carbonyl (C=O) groups excluding carboxylic acids is 1. The molecule has 1 fully saturated rings. The molecule has 28 heavy (non-hydrogen) atoms. The van der Waals surface area contributed by atoms with Gasteiger partial charge < -0.3 is 10.1 Å². The zero-order chi connectivity index (χ0) is 20.0. The van der Waals surface area contributed by atoms with Gasteiger partial charge in [0.15, 0.2) is 0 Å². The Morgan fingerprint density at radius 2 is 1.86 bits per heavy atom. The molecule has 1 aromatic carbocycles. The molecule has 0 unspecified atom stereocenters. The van der Waals surface area contributed by atoms with Gasteiger partial charge in [-0.15, -0.1) is 11.3 Å². The number of thiophene rings is 1. The van der Waals surface area contributed by atoms with Crippen molar-refractivity contribution in [3.63, 3.8) is 0 Å². The van der Waals surface area contributed by atoms with Crippen LogP contribution < -0.4 is 5.32 Å². The maximum absolute atomic E-state index is 12.6. The molecule has 1 aliphatic heterocycles. The van der Waals surface area contributed by atoms with E-state index >= 15 is 0 Å². The lowest BCUT2D eigenvalue weighted by Gasteiger charge is -2.13. The van der Waals surface area contributed by atoms with Crippen molar-refractivity contribution >= 4 is 27.3 Å². The predicted octanol–water partition coefficient (Wildman–Crippen LogP) is 2.93. The van der Waals surface area contributed by atoms with E-state index in [-0.39, 0.29) is 12.3 Å². The summed E-state index contributed by atoms with van der Waals surface area (Å²) >= 11 is 1.18. The van der Waals surface area contributed by atoms with Crippen molar-refractivity contribution in [2.24, 2.45) is 0 Å². The smallest absolute Gasteiger partial charge is 0.252 e. The summed E-state index contributed by atoms with van der Waals surface area (Å²) in [6.07, 6.45) is 1.99. The Balaban J connectivity index is 1.57. The second kappa shape index (κ2) is 9.65. The maximum Gasteiger partial charge on any atom is 0.252 e. The number of carbonyl (C=O) groups is 1. The van der Waals surface area contributed by atoms with Crippen LogP contribution in [-0.2, 0) is 39.1 Å². The fourth-order valence-corrected chi connectivity index (χ4v) is 6.17. The minimum atomic E-state index is -3.42. The first-order valence-corrected chi connectivity index (χ1v) is 11.8. The highest BCUT2D eigenvalue weighted by molar-refractivity contribution is 7.91. The third kappa shape index (κ3) is 5.20. The number of ether oxygens (including phenoxy) is 1. The van der Waals surface area contributed by atoms with Crippen molar-refractivity contribution in [1.29, 1.82) is 0 Å². The number of hydrogen-bond acceptors (Lipinski definition) is 5. The monoisotopic (exact) mass is 422 g/mol. The topological polar surface area (TPSA) is 75.7 Å². The molecule has 1 amide bonds. The summed E-state index contributed by atoms with van der Waals surface area (Å²) in [5.74, 6) is -0.127. The van der Waals surface area contributed by atoms with Crippen LogP contribution in [-0.4, -0.2) is 38.3 Å². The highest BCUT2D eigenvalue weighted by Crippen LogP contribution is 2.27. The van der Waals surface area contributed by atoms with Gasteiger partial charge in [-0.2, -0.15) is 4.31 Å². The molecule has 0 saturated carbocycles. The first kappa shape index (κ1) is 21.0. The highest BCUT2D eigenvalue weighted by atomic mass is 32.2. The first-order chi connectivity index (χ1) is 13.5. The molecule has 3 rings (SSSR count). The van der Waals surface area contributed by atoms with Gasteiger partial charge in [0.25, 0.3) is 10.0 Å². The molecule has 0 aliphatic carbocycles. The normalized spacial score (nSPS) is 15.0. The Bertz CT molecular complexity index is 902. The Labute approximate surface area is 170 Å². The van der Waals surface area contributed by atoms with Crippen molar-refractivity contribution in [2.45, 2.75) is 43.5 Å². The summed E-state index contributed by atoms with van der Waals surface area (Å²) < 4.78 is 32.5. The molecule has 1 N–H and O–H groups in total. The molecule has 2 aromatic rings. The van der Waals surface area contributed by atoms with E-state index in [2.05, 4.69) is 5.32 Å². The van der Waals surface area contributed by atoms with Gasteiger partial charge in [-0.25, -0.2) is 8.42 Å². The van der Waals surface area contributed by atoms with Crippen LogP contribution in [0.3, 0.4) is 0 Å². The summed E-state index contributed by atoms with van der Waals surface area (Å²) in [6.45, 7) is 4.69. The lowest BCUT2D eigenvalue weighted by molar-refractivity contribution is -0.120. The Hall–Kier alpha value is -1.74. The third-order valence-corrected chi connectivity index (χ3v) is 8.14. The molecule has 0 bridgehead atoms. The van der Waals surface area contributed by atoms with E-state index in [0.717, 1.165) is 28.8 Å². The van der Waals surface area contributed by atoms with Crippen LogP contribution in [0.5, 0.6) is 0 Å². The van der Waals surface area contributed by atoms with E-state index in [1.807, 2.05) is 31.2 Å². The van der Waals surface area contributed by atoms with E-state index < -0.39 is 10.0 Å². The molecule has 0 atom stereocenters. The zero-order valence-electron chi connectivity index (χ0n) is 16.0. The number of rotatable bonds is 9. The molecule has 0 spiro atoms. The summed E-state index contributed by atoms with van der Waals surface area (Å²) in [6, 6.07) is 11.2. The summed E-state index contributed by atoms with van der Waals surface area (Å²) in [5, 5.41) is 2.92. The highest BCUT2D eigenvalue weighted by Gasteiger charge is 2.28. The van der Waals surface area contributed by atoms with Gasteiger partial charge >= 0.3 is 0 Å². The molecular formula is C20H26N2O4S2. The lowest BCUT2D eigenvalue weighted by Crippen LogP contribution is -2.27. The average Bonchev–Trinajstić information content (AvgIpc) is 3.38. The van der Waals surface area contributed by atoms with Crippen LogP contribution in [0.15, 0.2) is 40.6 Å². The molecule has 1 saturated heterocycles. The minimum Gasteiger partial charge on any atom is -0.377 e. The van der Waals surface area contributed by atoms with E-state index in [1.165, 1.54) is 15.6 Å². The largest absolute Gasteiger partial charge is 0.377 e. The van der Waals surface area contributed by atoms with E-state index in [1.54, 1.807) is 12.1 Å². The summed E-state index contributed by atoms with van der Waals surface area (Å²) in [4.78, 5) is 13.1. The van der Waals surface area contributed by atoms with Crippen LogP contribution in [0.25, 0.3) is 0 Å². The van der Waals surface area contributed by atoms with Gasteiger partial charge in [0.2, 0.25) is 5.91 Å². The Morgan fingerprint density at radius 1 is 1.14 bits per heavy atom. The third-order valence-electron chi connectivity index (χ3n) is 4.69. The molecule has 2 heterocycles. The summed E-state index contributed by atoms with van der Waals surface area (Å²) in [5.41, 5.74) is 2.08. The van der Waals surface area contributed by atoms with Crippen LogP contribution in [0, 0.1) is 0 Å². The number of benzene rings is 1. The van der Waals surface area contributed by atoms with Crippen LogP contribution in [0.1, 0.15) is 35.8 Å². The fourth-order valence-electron chi connectivity index (χ4n) is 3.14. The fraction of sp³-hybridized carbons (Fsp3) is 0.450.